The number of rotatable bonds is 8. The van der Waals surface area contributed by atoms with Crippen LogP contribution in [0.5, 0.6) is 0 Å². The molecule has 5 rings (SSSR count). The maximum atomic E-state index is 13.2. The predicted octanol–water partition coefficient (Wildman–Crippen LogP) is 5.40. The number of H-pyrrole nitrogens is 1. The van der Waals surface area contributed by atoms with Crippen LogP contribution < -0.4 is 5.56 Å². The fraction of sp³-hybridized carbons (Fsp3) is 0.429. The summed E-state index contributed by atoms with van der Waals surface area (Å²) in [7, 11) is 0. The molecule has 1 aliphatic rings. The van der Waals surface area contributed by atoms with Gasteiger partial charge in [-0.1, -0.05) is 56.2 Å². The zero-order chi connectivity index (χ0) is 24.4. The number of pyridine rings is 1. The van der Waals surface area contributed by atoms with Crippen LogP contribution in [0.1, 0.15) is 79.2 Å². The molecule has 0 unspecified atom stereocenters. The van der Waals surface area contributed by atoms with Crippen LogP contribution in [0, 0.1) is 13.8 Å². The Hall–Kier alpha value is -3.32. The molecule has 0 amide bonds. The molecule has 2 aromatic heterocycles. The Morgan fingerprint density at radius 1 is 1.09 bits per heavy atom. The van der Waals surface area contributed by atoms with Crippen molar-refractivity contribution in [3.8, 4) is 0 Å². The lowest BCUT2D eigenvalue weighted by molar-refractivity contribution is 0.158. The summed E-state index contributed by atoms with van der Waals surface area (Å²) >= 11 is 0. The summed E-state index contributed by atoms with van der Waals surface area (Å²) in [6.45, 7) is 7.56. The predicted molar refractivity (Wildman–Crippen MR) is 138 cm³/mol. The summed E-state index contributed by atoms with van der Waals surface area (Å²) in [5, 5.41) is 14.1. The molecule has 2 heterocycles. The lowest BCUT2D eigenvalue weighted by Gasteiger charge is -2.31. The Balaban J connectivity index is 1.54. The molecule has 1 saturated carbocycles. The van der Waals surface area contributed by atoms with Crippen LogP contribution in [0.2, 0.25) is 0 Å². The highest BCUT2D eigenvalue weighted by atomic mass is 16.1. The second-order valence-electron chi connectivity index (χ2n) is 9.90. The first-order chi connectivity index (χ1) is 17.0. The average Bonchev–Trinajstić information content (AvgIpc) is 3.53. The second kappa shape index (κ2) is 10.1. The minimum Gasteiger partial charge on any atom is -0.322 e. The Kier molecular flexibility index (Phi) is 6.77. The van der Waals surface area contributed by atoms with Crippen LogP contribution in [-0.4, -0.2) is 30.1 Å². The smallest absolute Gasteiger partial charge is 0.252 e. The summed E-state index contributed by atoms with van der Waals surface area (Å²) in [5.41, 5.74) is 5.14. The zero-order valence-corrected chi connectivity index (χ0v) is 20.9. The van der Waals surface area contributed by atoms with Crippen LogP contribution in [0.3, 0.4) is 0 Å². The van der Waals surface area contributed by atoms with Gasteiger partial charge < -0.3 is 4.98 Å². The molecule has 0 saturated heterocycles. The standard InChI is InChI=1S/C28H34N6O/c1-4-26(27-30-31-32-34(27)23-12-8-9-13-23)33(17-21-10-6-5-7-11-21)18-22-16-24-20(3)14-19(2)15-25(24)29-28(22)35/h5-7,10-11,14-16,23,26H,4,8-9,12-13,17-18H2,1-3H3,(H,29,35)/t26-/m0/s1. The van der Waals surface area contributed by atoms with E-state index in [1.165, 1.54) is 24.0 Å². The molecule has 0 radical (unpaired) electrons. The maximum absolute atomic E-state index is 13.2. The van der Waals surface area contributed by atoms with E-state index >= 15 is 0 Å². The minimum absolute atomic E-state index is 0.0000165. The van der Waals surface area contributed by atoms with Crippen LogP contribution in [-0.2, 0) is 13.1 Å². The van der Waals surface area contributed by atoms with E-state index in [1.54, 1.807) is 0 Å². The molecule has 1 fully saturated rings. The maximum Gasteiger partial charge on any atom is 0.252 e. The molecule has 4 aromatic rings. The number of aromatic amines is 1. The second-order valence-corrected chi connectivity index (χ2v) is 9.90. The van der Waals surface area contributed by atoms with E-state index in [4.69, 9.17) is 0 Å². The van der Waals surface area contributed by atoms with Gasteiger partial charge in [0.2, 0.25) is 0 Å². The highest BCUT2D eigenvalue weighted by molar-refractivity contribution is 5.83. The monoisotopic (exact) mass is 470 g/mol. The number of hydrogen-bond donors (Lipinski definition) is 1. The first-order valence-electron chi connectivity index (χ1n) is 12.7. The molecular weight excluding hydrogens is 436 g/mol. The van der Waals surface area contributed by atoms with Gasteiger partial charge in [-0.25, -0.2) is 4.68 Å². The van der Waals surface area contributed by atoms with Gasteiger partial charge in [0, 0.05) is 29.6 Å². The third-order valence-corrected chi connectivity index (χ3v) is 7.31. The molecule has 7 heteroatoms. The Labute approximate surface area is 206 Å². The van der Waals surface area contributed by atoms with Gasteiger partial charge in [-0.15, -0.1) is 5.10 Å². The third-order valence-electron chi connectivity index (χ3n) is 7.31. The fourth-order valence-corrected chi connectivity index (χ4v) is 5.58. The molecule has 0 spiro atoms. The van der Waals surface area contributed by atoms with Crippen LogP contribution in [0.4, 0.5) is 0 Å². The number of tetrazole rings is 1. The van der Waals surface area contributed by atoms with Gasteiger partial charge in [0.1, 0.15) is 0 Å². The first-order valence-corrected chi connectivity index (χ1v) is 12.7. The molecular formula is C28H34N6O. The Bertz CT molecular complexity index is 1350. The summed E-state index contributed by atoms with van der Waals surface area (Å²) in [6.07, 6.45) is 5.54. The van der Waals surface area contributed by atoms with Crippen molar-refractivity contribution < 1.29 is 0 Å². The van der Waals surface area contributed by atoms with Crippen LogP contribution in [0.15, 0.2) is 53.3 Å². The number of benzene rings is 2. The summed E-state index contributed by atoms with van der Waals surface area (Å²) < 4.78 is 2.05. The van der Waals surface area contributed by atoms with Crippen molar-refractivity contribution in [2.75, 3.05) is 0 Å². The van der Waals surface area contributed by atoms with E-state index in [0.29, 0.717) is 19.1 Å². The Morgan fingerprint density at radius 3 is 2.60 bits per heavy atom. The van der Waals surface area contributed by atoms with E-state index in [1.807, 2.05) is 12.1 Å². The molecule has 182 valence electrons. The molecule has 1 N–H and O–H groups in total. The van der Waals surface area contributed by atoms with Crippen molar-refractivity contribution in [3.63, 3.8) is 0 Å². The summed E-state index contributed by atoms with van der Waals surface area (Å²) in [4.78, 5) is 18.7. The SMILES string of the molecule is CC[C@@H](c1nnnn1C1CCCC1)N(Cc1ccccc1)Cc1cc2c(C)cc(C)cc2[nH]c1=O. The topological polar surface area (TPSA) is 79.7 Å². The van der Waals surface area contributed by atoms with Gasteiger partial charge in [0.25, 0.3) is 5.56 Å². The minimum atomic E-state index is -0.0363. The van der Waals surface area contributed by atoms with Gasteiger partial charge in [-0.05, 0) is 72.4 Å². The first kappa shape index (κ1) is 23.4. The van der Waals surface area contributed by atoms with E-state index in [2.05, 4.69) is 87.3 Å². The Morgan fingerprint density at radius 2 is 1.86 bits per heavy atom. The number of fused-ring (bicyclic) bond motifs is 1. The van der Waals surface area contributed by atoms with Gasteiger partial charge >= 0.3 is 0 Å². The normalized spacial score (nSPS) is 15.3. The van der Waals surface area contributed by atoms with Crippen LogP contribution in [0.25, 0.3) is 10.9 Å². The average molecular weight is 471 g/mol. The van der Waals surface area contributed by atoms with Gasteiger partial charge in [-0.3, -0.25) is 9.69 Å². The van der Waals surface area contributed by atoms with Crippen molar-refractivity contribution in [1.82, 2.24) is 30.1 Å². The van der Waals surface area contributed by atoms with Crippen molar-refractivity contribution in [1.29, 1.82) is 0 Å². The molecule has 1 atom stereocenters. The van der Waals surface area contributed by atoms with Crippen molar-refractivity contribution in [2.24, 2.45) is 0 Å². The fourth-order valence-electron chi connectivity index (χ4n) is 5.58. The van der Waals surface area contributed by atoms with Crippen molar-refractivity contribution in [3.05, 3.63) is 87.0 Å². The van der Waals surface area contributed by atoms with E-state index in [9.17, 15) is 4.79 Å². The van der Waals surface area contributed by atoms with E-state index in [0.717, 1.165) is 47.1 Å². The zero-order valence-electron chi connectivity index (χ0n) is 20.9. The van der Waals surface area contributed by atoms with E-state index in [-0.39, 0.29) is 11.6 Å². The summed E-state index contributed by atoms with van der Waals surface area (Å²) in [6, 6.07) is 17.1. The van der Waals surface area contributed by atoms with Gasteiger partial charge in [-0.2, -0.15) is 0 Å². The molecule has 0 aliphatic heterocycles. The number of hydrogen-bond acceptors (Lipinski definition) is 5. The highest BCUT2D eigenvalue weighted by Gasteiger charge is 2.29. The molecule has 1 aliphatic carbocycles. The molecule has 7 nitrogen and oxygen atoms in total. The number of aromatic nitrogens is 5. The molecule has 2 aromatic carbocycles. The van der Waals surface area contributed by atoms with Crippen molar-refractivity contribution in [2.45, 2.75) is 78.0 Å². The molecule has 0 bridgehead atoms. The van der Waals surface area contributed by atoms with Crippen molar-refractivity contribution >= 4 is 10.9 Å². The lowest BCUT2D eigenvalue weighted by atomic mass is 10.0. The number of nitrogens with one attached hydrogen (secondary N) is 1. The number of aryl methyl sites for hydroxylation is 2. The van der Waals surface area contributed by atoms with Gasteiger partial charge in [0.05, 0.1) is 12.1 Å². The lowest BCUT2D eigenvalue weighted by Crippen LogP contribution is -2.32. The highest BCUT2D eigenvalue weighted by Crippen LogP contribution is 2.33. The number of nitrogens with zero attached hydrogens (tertiary/aromatic N) is 5. The van der Waals surface area contributed by atoms with E-state index < -0.39 is 0 Å². The van der Waals surface area contributed by atoms with Gasteiger partial charge in [0.15, 0.2) is 5.82 Å². The summed E-state index contributed by atoms with van der Waals surface area (Å²) in [5.74, 6) is 0.902. The molecule has 35 heavy (non-hydrogen) atoms. The largest absolute Gasteiger partial charge is 0.322 e. The van der Waals surface area contributed by atoms with Crippen LogP contribution >= 0.6 is 0 Å². The third kappa shape index (κ3) is 4.91. The quantitative estimate of drug-likeness (QED) is 0.373.